The van der Waals surface area contributed by atoms with Crippen molar-refractivity contribution < 1.29 is 42.9 Å². The lowest BCUT2D eigenvalue weighted by Gasteiger charge is -2.34. The van der Waals surface area contributed by atoms with Crippen LogP contribution >= 0.6 is 27.3 Å². The largest absolute Gasteiger partial charge is 0.494 e. The SMILES string of the molecule is CCOC(=O)CN1CCC([C@@H](C)CCOc2ccc(-c3ccc(N4CCc5cccc(C(=O)Nc6nc7ccccc7s6)c5C4)nc3C(=O)OC(C)(C)C)c(C)c2)CC1.CCOC(=O)CN1CCC([C@@H](C)CCOc2ccc(Br)c(C)c2)CC1. The Morgan fingerprint density at radius 1 is 0.702 bits per heavy atom. The number of likely N-dealkylation sites (tertiary alicyclic amines) is 2. The second kappa shape index (κ2) is 30.1. The summed E-state index contributed by atoms with van der Waals surface area (Å²) in [7, 11) is 0. The number of carbonyl (C=O) groups is 4. The third-order valence-corrected chi connectivity index (χ3v) is 18.2. The lowest BCUT2D eigenvalue weighted by atomic mass is 9.84. The maximum absolute atomic E-state index is 13.9. The van der Waals surface area contributed by atoms with Crippen molar-refractivity contribution in [3.05, 3.63) is 129 Å². The molecule has 2 aromatic heterocycles. The Bertz CT molecular complexity index is 3170. The predicted molar refractivity (Wildman–Crippen MR) is 337 cm³/mol. The normalized spacial score (nSPS) is 16.0. The highest BCUT2D eigenvalue weighted by molar-refractivity contribution is 9.10. The topological polar surface area (TPSA) is 162 Å². The van der Waals surface area contributed by atoms with Gasteiger partial charge >= 0.3 is 17.9 Å². The first-order chi connectivity index (χ1) is 40.3. The average molecular weight is 1230 g/mol. The van der Waals surface area contributed by atoms with Gasteiger partial charge in [-0.15, -0.1) is 0 Å². The van der Waals surface area contributed by atoms with Gasteiger partial charge in [-0.25, -0.2) is 14.8 Å². The summed E-state index contributed by atoms with van der Waals surface area (Å²) in [5.74, 6) is 3.86. The van der Waals surface area contributed by atoms with E-state index in [1.165, 1.54) is 16.9 Å². The van der Waals surface area contributed by atoms with Crippen LogP contribution in [0.25, 0.3) is 21.3 Å². The third-order valence-electron chi connectivity index (χ3n) is 16.3. The first-order valence-corrected chi connectivity index (χ1v) is 31.6. The number of carbonyl (C=O) groups excluding carboxylic acids is 4. The molecule has 0 radical (unpaired) electrons. The van der Waals surface area contributed by atoms with Crippen LogP contribution in [-0.2, 0) is 36.8 Å². The number of para-hydroxylation sites is 1. The van der Waals surface area contributed by atoms with Crippen LogP contribution in [0.4, 0.5) is 10.9 Å². The van der Waals surface area contributed by atoms with Crippen molar-refractivity contribution >= 4 is 72.2 Å². The van der Waals surface area contributed by atoms with Crippen LogP contribution in [-0.4, -0.2) is 121 Å². The highest BCUT2D eigenvalue weighted by Gasteiger charge is 2.30. The molecule has 0 spiro atoms. The Morgan fingerprint density at radius 3 is 1.86 bits per heavy atom. The van der Waals surface area contributed by atoms with Crippen LogP contribution in [0, 0.1) is 37.5 Å². The summed E-state index contributed by atoms with van der Waals surface area (Å²) in [6.07, 6.45) is 7.16. The van der Waals surface area contributed by atoms with Crippen LogP contribution in [0.5, 0.6) is 11.5 Å². The minimum atomic E-state index is -0.717. The van der Waals surface area contributed by atoms with E-state index in [0.29, 0.717) is 91.7 Å². The quantitative estimate of drug-likeness (QED) is 0.0535. The molecule has 9 rings (SSSR count). The van der Waals surface area contributed by atoms with Crippen molar-refractivity contribution in [3.8, 4) is 22.6 Å². The molecule has 2 fully saturated rings. The maximum Gasteiger partial charge on any atom is 0.358 e. The smallest absolute Gasteiger partial charge is 0.358 e. The molecule has 2 atom stereocenters. The molecule has 2 saturated heterocycles. The van der Waals surface area contributed by atoms with Crippen LogP contribution in [0.1, 0.15) is 130 Å². The number of hydrogen-bond donors (Lipinski definition) is 1. The van der Waals surface area contributed by atoms with E-state index >= 15 is 0 Å². The molecule has 0 bridgehead atoms. The first kappa shape index (κ1) is 63.6. The summed E-state index contributed by atoms with van der Waals surface area (Å²) in [6.45, 7) is 25.9. The summed E-state index contributed by atoms with van der Waals surface area (Å²) >= 11 is 4.96. The van der Waals surface area contributed by atoms with Crippen molar-refractivity contribution in [2.24, 2.45) is 23.7 Å². The molecule has 17 heteroatoms. The molecule has 3 aliphatic heterocycles. The number of piperidine rings is 2. The molecule has 0 saturated carbocycles. The first-order valence-electron chi connectivity index (χ1n) is 30.0. The highest BCUT2D eigenvalue weighted by Crippen LogP contribution is 2.36. The van der Waals surface area contributed by atoms with Gasteiger partial charge in [0, 0.05) is 28.7 Å². The van der Waals surface area contributed by atoms with Crippen molar-refractivity contribution in [2.75, 3.05) is 82.5 Å². The van der Waals surface area contributed by atoms with Gasteiger partial charge in [-0.05, 0) is 232 Å². The molecular formula is C67H85BrN6O9S. The van der Waals surface area contributed by atoms with E-state index in [1.807, 2.05) is 120 Å². The Kier molecular flexibility index (Phi) is 22.8. The minimum absolute atomic E-state index is 0.104. The molecule has 3 aliphatic rings. The molecule has 0 aliphatic carbocycles. The standard InChI is InChI=1S/C47H55N5O6S.C20H30BrNO3/c1-7-56-42(53)29-51-23-19-32(20-24-51)30(2)22-26-57-34-15-16-35(31(3)27-34)36-17-18-41(49-43(36)45(55)58-47(4,5)6)52-25-21-33-11-10-12-37(38(33)28-52)44(54)50-46-48-39-13-8-9-14-40(39)59-46;1-4-24-20(23)14-22-10-7-17(8-11-22)15(2)9-12-25-18-5-6-19(21)16(3)13-18/h8-18,27,30,32H,7,19-26,28-29H2,1-6H3,(H,48,50,54);5-6,13,15,17H,4,7-12,14H2,1-3H3/t30-;15-/m00/s1. The van der Waals surface area contributed by atoms with Crippen LogP contribution in [0.3, 0.4) is 0 Å². The highest BCUT2D eigenvalue weighted by atomic mass is 79.9. The number of hydrogen-bond acceptors (Lipinski definition) is 15. The summed E-state index contributed by atoms with van der Waals surface area (Å²) in [5.41, 5.74) is 6.72. The monoisotopic (exact) mass is 1230 g/mol. The zero-order valence-corrected chi connectivity index (χ0v) is 53.0. The van der Waals surface area contributed by atoms with Crippen molar-refractivity contribution in [3.63, 3.8) is 0 Å². The minimum Gasteiger partial charge on any atom is -0.494 e. The predicted octanol–water partition coefficient (Wildman–Crippen LogP) is 13.6. The summed E-state index contributed by atoms with van der Waals surface area (Å²) in [6, 6.07) is 29.7. The number of rotatable bonds is 21. The molecule has 450 valence electrons. The lowest BCUT2D eigenvalue weighted by molar-refractivity contribution is -0.145. The zero-order chi connectivity index (χ0) is 59.9. The molecular weight excluding hydrogens is 1140 g/mol. The maximum atomic E-state index is 13.9. The number of halogens is 1. The van der Waals surface area contributed by atoms with E-state index in [4.69, 9.17) is 28.7 Å². The van der Waals surface area contributed by atoms with E-state index in [1.54, 1.807) is 0 Å². The molecule has 5 heterocycles. The lowest BCUT2D eigenvalue weighted by Crippen LogP contribution is -2.39. The number of ether oxygens (including phenoxy) is 5. The van der Waals surface area contributed by atoms with Gasteiger partial charge in [-0.2, -0.15) is 0 Å². The fourth-order valence-electron chi connectivity index (χ4n) is 11.5. The zero-order valence-electron chi connectivity index (χ0n) is 50.6. The van der Waals surface area contributed by atoms with E-state index in [0.717, 1.165) is 126 Å². The van der Waals surface area contributed by atoms with Crippen molar-refractivity contribution in [1.82, 2.24) is 19.8 Å². The van der Waals surface area contributed by atoms with Crippen molar-refractivity contribution in [2.45, 2.75) is 119 Å². The van der Waals surface area contributed by atoms with Crippen LogP contribution in [0.2, 0.25) is 0 Å². The average Bonchev–Trinajstić information content (AvgIpc) is 1.98. The number of benzene rings is 4. The molecule has 0 unspecified atom stereocenters. The van der Waals surface area contributed by atoms with E-state index < -0.39 is 11.6 Å². The van der Waals surface area contributed by atoms with Gasteiger partial charge in [0.05, 0.1) is 49.7 Å². The van der Waals surface area contributed by atoms with Gasteiger partial charge in [0.2, 0.25) is 0 Å². The number of aryl methyl sites for hydroxylation is 2. The third kappa shape index (κ3) is 17.8. The van der Waals surface area contributed by atoms with Crippen LogP contribution < -0.4 is 19.7 Å². The van der Waals surface area contributed by atoms with Gasteiger partial charge in [0.1, 0.15) is 22.9 Å². The van der Waals surface area contributed by atoms with E-state index in [-0.39, 0.29) is 23.5 Å². The molecule has 15 nitrogen and oxygen atoms in total. The van der Waals surface area contributed by atoms with Gasteiger partial charge in [0.15, 0.2) is 10.8 Å². The number of nitrogens with one attached hydrogen (secondary N) is 1. The molecule has 84 heavy (non-hydrogen) atoms. The fraction of sp³-hybridized carbons (Fsp3) is 0.493. The van der Waals surface area contributed by atoms with Gasteiger partial charge < -0.3 is 28.6 Å². The number of aromatic nitrogens is 2. The second-order valence-electron chi connectivity index (χ2n) is 23.6. The molecule has 1 amide bonds. The van der Waals surface area contributed by atoms with Crippen molar-refractivity contribution in [1.29, 1.82) is 0 Å². The summed E-state index contributed by atoms with van der Waals surface area (Å²) in [4.78, 5) is 67.1. The van der Waals surface area contributed by atoms with E-state index in [2.05, 4.69) is 73.8 Å². The summed E-state index contributed by atoms with van der Waals surface area (Å²) in [5, 5.41) is 3.58. The number of fused-ring (bicyclic) bond motifs is 2. The Hall–Kier alpha value is -6.40. The number of pyridine rings is 1. The number of nitrogens with zero attached hydrogens (tertiary/aromatic N) is 5. The molecule has 1 N–H and O–H groups in total. The van der Waals surface area contributed by atoms with E-state index in [9.17, 15) is 19.2 Å². The number of amides is 1. The Labute approximate surface area is 509 Å². The Morgan fingerprint density at radius 2 is 1.29 bits per heavy atom. The Balaban J connectivity index is 0.000000307. The number of anilines is 2. The van der Waals surface area contributed by atoms with Gasteiger partial charge in [0.25, 0.3) is 5.91 Å². The van der Waals surface area contributed by atoms with Gasteiger partial charge in [-0.1, -0.05) is 71.4 Å². The van der Waals surface area contributed by atoms with Crippen LogP contribution in [0.15, 0.2) is 95.5 Å². The second-order valence-corrected chi connectivity index (χ2v) is 25.5. The number of thiazole rings is 1. The van der Waals surface area contributed by atoms with Gasteiger partial charge in [-0.3, -0.25) is 29.5 Å². The molecule has 4 aromatic carbocycles. The molecule has 6 aromatic rings. The number of esters is 3. The fourth-order valence-corrected chi connectivity index (χ4v) is 12.6. The summed E-state index contributed by atoms with van der Waals surface area (Å²) < 4.78 is 30.4.